The Labute approximate surface area is 145 Å². The van der Waals surface area contributed by atoms with Gasteiger partial charge in [-0.25, -0.2) is 15.0 Å². The van der Waals surface area contributed by atoms with Gasteiger partial charge in [-0.3, -0.25) is 0 Å². The van der Waals surface area contributed by atoms with Crippen molar-refractivity contribution in [2.75, 3.05) is 7.11 Å². The smallest absolute Gasteiger partial charge is 0.128 e. The maximum atomic E-state index is 10.5. The van der Waals surface area contributed by atoms with E-state index in [1.165, 1.54) is 0 Å². The van der Waals surface area contributed by atoms with E-state index < -0.39 is 0 Å². The Bertz CT molecular complexity index is 890. The first kappa shape index (κ1) is 16.4. The fourth-order valence-corrected chi connectivity index (χ4v) is 3.23. The highest BCUT2D eigenvalue weighted by molar-refractivity contribution is 7.09. The zero-order valence-electron chi connectivity index (χ0n) is 14.1. The third kappa shape index (κ3) is 2.97. The van der Waals surface area contributed by atoms with E-state index in [1.54, 1.807) is 30.7 Å². The monoisotopic (exact) mass is 341 g/mol. The van der Waals surface area contributed by atoms with Gasteiger partial charge in [0.15, 0.2) is 0 Å². The summed E-state index contributed by atoms with van der Waals surface area (Å²) in [7, 11) is 1.60. The average molecular weight is 341 g/mol. The highest BCUT2D eigenvalue weighted by Gasteiger charge is 2.18. The molecule has 3 aromatic rings. The molecule has 0 amide bonds. The summed E-state index contributed by atoms with van der Waals surface area (Å²) >= 11 is 1.58. The Morgan fingerprint density at radius 2 is 1.96 bits per heavy atom. The van der Waals surface area contributed by atoms with E-state index in [4.69, 9.17) is 4.74 Å². The minimum Gasteiger partial charge on any atom is -0.507 e. The number of thiazole rings is 1. The number of hydrogen-bond acceptors (Lipinski definition) is 6. The van der Waals surface area contributed by atoms with Gasteiger partial charge in [0.25, 0.3) is 0 Å². The summed E-state index contributed by atoms with van der Waals surface area (Å²) in [5.74, 6) is 1.46. The lowest BCUT2D eigenvalue weighted by Gasteiger charge is -2.13. The van der Waals surface area contributed by atoms with E-state index in [1.807, 2.05) is 25.3 Å². The van der Waals surface area contributed by atoms with E-state index in [0.29, 0.717) is 22.8 Å². The molecule has 3 rings (SSSR count). The second kappa shape index (κ2) is 6.57. The number of nitrogens with zero attached hydrogens (tertiary/aromatic N) is 3. The number of phenolic OH excluding ortho intramolecular Hbond substituents is 1. The Hall–Kier alpha value is -2.47. The molecule has 0 saturated carbocycles. The number of aromatic hydroxyl groups is 1. The number of aromatic nitrogens is 3. The molecule has 2 aromatic heterocycles. The van der Waals surface area contributed by atoms with Crippen LogP contribution in [0.4, 0.5) is 0 Å². The molecular weight excluding hydrogens is 322 g/mol. The van der Waals surface area contributed by atoms with Crippen LogP contribution < -0.4 is 4.74 Å². The number of ether oxygens (including phenoxy) is 1. The van der Waals surface area contributed by atoms with Crippen molar-refractivity contribution in [1.82, 2.24) is 15.0 Å². The number of aryl methyl sites for hydroxylation is 3. The lowest BCUT2D eigenvalue weighted by atomic mass is 10.00. The number of rotatable bonds is 4. The molecule has 0 fully saturated rings. The summed E-state index contributed by atoms with van der Waals surface area (Å²) < 4.78 is 5.35. The Morgan fingerprint density at radius 3 is 2.58 bits per heavy atom. The Balaban J connectivity index is 2.24. The zero-order valence-corrected chi connectivity index (χ0v) is 14.9. The number of phenols is 1. The molecule has 0 atom stereocenters. The lowest BCUT2D eigenvalue weighted by molar-refractivity contribution is 0.403. The van der Waals surface area contributed by atoms with Gasteiger partial charge in [0.05, 0.1) is 23.5 Å². The quantitative estimate of drug-likeness (QED) is 0.772. The predicted octanol–water partition coefficient (Wildman–Crippen LogP) is 4.16. The molecule has 0 aliphatic rings. The number of benzene rings is 1. The van der Waals surface area contributed by atoms with Gasteiger partial charge in [-0.15, -0.1) is 11.3 Å². The SMILES string of the molecule is CCc1cc(-c2nc(C)ncc2-c2csc(C)n2)c(O)cc1OC. The van der Waals surface area contributed by atoms with Crippen LogP contribution in [0.3, 0.4) is 0 Å². The van der Waals surface area contributed by atoms with Crippen LogP contribution >= 0.6 is 11.3 Å². The van der Waals surface area contributed by atoms with Crippen molar-refractivity contribution < 1.29 is 9.84 Å². The lowest BCUT2D eigenvalue weighted by Crippen LogP contribution is -1.98. The third-order valence-electron chi connectivity index (χ3n) is 3.84. The Morgan fingerprint density at radius 1 is 1.17 bits per heavy atom. The summed E-state index contributed by atoms with van der Waals surface area (Å²) in [6.45, 7) is 5.85. The highest BCUT2D eigenvalue weighted by atomic mass is 32.1. The van der Waals surface area contributed by atoms with Crippen LogP contribution in [0.1, 0.15) is 23.3 Å². The van der Waals surface area contributed by atoms with Crippen LogP contribution in [0.25, 0.3) is 22.5 Å². The molecular formula is C18H19N3O2S. The van der Waals surface area contributed by atoms with Crippen molar-refractivity contribution >= 4 is 11.3 Å². The van der Waals surface area contributed by atoms with Crippen LogP contribution in [-0.2, 0) is 6.42 Å². The van der Waals surface area contributed by atoms with E-state index in [0.717, 1.165) is 28.2 Å². The third-order valence-corrected chi connectivity index (χ3v) is 4.61. The van der Waals surface area contributed by atoms with Gasteiger partial charge in [-0.1, -0.05) is 6.92 Å². The molecule has 2 heterocycles. The van der Waals surface area contributed by atoms with Gasteiger partial charge < -0.3 is 9.84 Å². The van der Waals surface area contributed by atoms with Gasteiger partial charge >= 0.3 is 0 Å². The normalized spacial score (nSPS) is 10.8. The van der Waals surface area contributed by atoms with E-state index in [2.05, 4.69) is 21.9 Å². The van der Waals surface area contributed by atoms with Crippen molar-refractivity contribution in [2.45, 2.75) is 27.2 Å². The van der Waals surface area contributed by atoms with Crippen LogP contribution in [0, 0.1) is 13.8 Å². The van der Waals surface area contributed by atoms with Crippen LogP contribution in [-0.4, -0.2) is 27.2 Å². The van der Waals surface area contributed by atoms with Crippen LogP contribution in [0.15, 0.2) is 23.7 Å². The fourth-order valence-electron chi connectivity index (χ4n) is 2.62. The Kier molecular flexibility index (Phi) is 4.49. The summed E-state index contributed by atoms with van der Waals surface area (Å²) in [6.07, 6.45) is 2.56. The van der Waals surface area contributed by atoms with Gasteiger partial charge in [0.2, 0.25) is 0 Å². The highest BCUT2D eigenvalue weighted by Crippen LogP contribution is 2.39. The predicted molar refractivity (Wildman–Crippen MR) is 95.6 cm³/mol. The molecule has 0 aliphatic heterocycles. The maximum absolute atomic E-state index is 10.5. The van der Waals surface area contributed by atoms with Crippen molar-refractivity contribution in [3.05, 3.63) is 40.1 Å². The number of hydrogen-bond donors (Lipinski definition) is 1. The van der Waals surface area contributed by atoms with Crippen molar-refractivity contribution in [3.8, 4) is 34.0 Å². The summed E-state index contributed by atoms with van der Waals surface area (Å²) in [5.41, 5.74) is 4.00. The van der Waals surface area contributed by atoms with Crippen molar-refractivity contribution in [3.63, 3.8) is 0 Å². The first-order valence-electron chi connectivity index (χ1n) is 7.69. The summed E-state index contributed by atoms with van der Waals surface area (Å²) in [6, 6.07) is 3.57. The first-order valence-corrected chi connectivity index (χ1v) is 8.57. The largest absolute Gasteiger partial charge is 0.507 e. The molecule has 124 valence electrons. The standard InChI is InChI=1S/C18H19N3O2S/c1-5-12-6-13(16(22)7-17(12)23-4)18-14(8-19-10(2)20-18)15-9-24-11(3)21-15/h6-9,22H,5H2,1-4H3. The molecule has 24 heavy (non-hydrogen) atoms. The molecule has 0 radical (unpaired) electrons. The van der Waals surface area contributed by atoms with Gasteiger partial charge in [0, 0.05) is 28.8 Å². The molecule has 0 unspecified atom stereocenters. The second-order valence-corrected chi connectivity index (χ2v) is 6.53. The average Bonchev–Trinajstić information content (AvgIpc) is 3.00. The topological polar surface area (TPSA) is 68.1 Å². The van der Waals surface area contributed by atoms with Crippen LogP contribution in [0.5, 0.6) is 11.5 Å². The maximum Gasteiger partial charge on any atom is 0.128 e. The number of methoxy groups -OCH3 is 1. The minimum atomic E-state index is 0.135. The van der Waals surface area contributed by atoms with Gasteiger partial charge in [-0.2, -0.15) is 0 Å². The molecule has 0 saturated heterocycles. The van der Waals surface area contributed by atoms with Crippen molar-refractivity contribution in [2.24, 2.45) is 0 Å². The first-order chi connectivity index (χ1) is 11.5. The second-order valence-electron chi connectivity index (χ2n) is 5.47. The molecule has 0 bridgehead atoms. The molecule has 1 N–H and O–H groups in total. The van der Waals surface area contributed by atoms with Gasteiger partial charge in [-0.05, 0) is 31.9 Å². The molecule has 0 aliphatic carbocycles. The molecule has 0 spiro atoms. The summed E-state index contributed by atoms with van der Waals surface area (Å²) in [5, 5.41) is 13.5. The summed E-state index contributed by atoms with van der Waals surface area (Å²) in [4.78, 5) is 13.4. The molecule has 6 heteroatoms. The molecule has 1 aromatic carbocycles. The van der Waals surface area contributed by atoms with E-state index in [-0.39, 0.29) is 5.75 Å². The fraction of sp³-hybridized carbons (Fsp3) is 0.278. The van der Waals surface area contributed by atoms with E-state index >= 15 is 0 Å². The zero-order chi connectivity index (χ0) is 17.3. The van der Waals surface area contributed by atoms with Crippen LogP contribution in [0.2, 0.25) is 0 Å². The van der Waals surface area contributed by atoms with Gasteiger partial charge in [0.1, 0.15) is 17.3 Å². The van der Waals surface area contributed by atoms with Crippen molar-refractivity contribution in [1.29, 1.82) is 0 Å². The molecule has 5 nitrogen and oxygen atoms in total. The minimum absolute atomic E-state index is 0.135. The van der Waals surface area contributed by atoms with E-state index in [9.17, 15) is 5.11 Å².